The summed E-state index contributed by atoms with van der Waals surface area (Å²) in [5.41, 5.74) is 5.64. The van der Waals surface area contributed by atoms with Crippen LogP contribution >= 0.6 is 0 Å². The van der Waals surface area contributed by atoms with Crippen molar-refractivity contribution in [3.8, 4) is 0 Å². The van der Waals surface area contributed by atoms with E-state index in [-0.39, 0.29) is 5.82 Å². The van der Waals surface area contributed by atoms with E-state index < -0.39 is 6.17 Å². The topological polar surface area (TPSA) is 6.48 Å². The summed E-state index contributed by atoms with van der Waals surface area (Å²) in [4.78, 5) is 5.07. The van der Waals surface area contributed by atoms with Gasteiger partial charge in [-0.1, -0.05) is 37.3 Å². The van der Waals surface area contributed by atoms with E-state index in [9.17, 15) is 8.78 Å². The van der Waals surface area contributed by atoms with Crippen LogP contribution in [0.5, 0.6) is 0 Å². The number of alkyl halides is 1. The smallest absolute Gasteiger partial charge is 0.123 e. The maximum atomic E-state index is 13.6. The molecule has 0 radical (unpaired) electrons. The molecule has 4 heteroatoms. The van der Waals surface area contributed by atoms with Crippen LogP contribution < -0.4 is 0 Å². The summed E-state index contributed by atoms with van der Waals surface area (Å²) in [5.74, 6) is 0.193. The normalized spacial score (nSPS) is 20.1. The first-order valence-corrected chi connectivity index (χ1v) is 12.9. The summed E-state index contributed by atoms with van der Waals surface area (Å²) >= 11 is 0. The number of halogens is 2. The molecule has 1 heterocycles. The molecule has 0 saturated carbocycles. The van der Waals surface area contributed by atoms with Gasteiger partial charge in [0.1, 0.15) is 12.0 Å². The molecule has 0 aromatic heterocycles. The molecule has 2 aliphatic rings. The van der Waals surface area contributed by atoms with Crippen molar-refractivity contribution in [2.24, 2.45) is 0 Å². The Morgan fingerprint density at radius 3 is 2.33 bits per heavy atom. The largest absolute Gasteiger partial charge is 0.302 e. The van der Waals surface area contributed by atoms with Gasteiger partial charge in [0, 0.05) is 31.7 Å². The van der Waals surface area contributed by atoms with Gasteiger partial charge in [-0.05, 0) is 99.2 Å². The van der Waals surface area contributed by atoms with Gasteiger partial charge in [0.2, 0.25) is 0 Å². The Kier molecular flexibility index (Phi) is 8.19. The zero-order valence-corrected chi connectivity index (χ0v) is 20.6. The maximum absolute atomic E-state index is 13.6. The molecule has 0 spiro atoms. The molecule has 3 unspecified atom stereocenters. The molecule has 1 fully saturated rings. The van der Waals surface area contributed by atoms with Gasteiger partial charge in [-0.15, -0.1) is 0 Å². The molecule has 2 aromatic rings. The third-order valence-electron chi connectivity index (χ3n) is 7.97. The van der Waals surface area contributed by atoms with Crippen LogP contribution in [0.25, 0.3) is 0 Å². The highest BCUT2D eigenvalue weighted by Gasteiger charge is 2.27. The molecule has 0 N–H and O–H groups in total. The first kappa shape index (κ1) is 24.3. The van der Waals surface area contributed by atoms with Crippen LogP contribution in [0.4, 0.5) is 8.78 Å². The molecule has 180 valence electrons. The molecule has 1 saturated heterocycles. The summed E-state index contributed by atoms with van der Waals surface area (Å²) in [7, 11) is 0. The van der Waals surface area contributed by atoms with Crippen molar-refractivity contribution in [2.45, 2.75) is 83.5 Å². The number of likely N-dealkylation sites (tertiary alicyclic amines) is 1. The van der Waals surface area contributed by atoms with Gasteiger partial charge >= 0.3 is 0 Å². The molecule has 0 bridgehead atoms. The highest BCUT2D eigenvalue weighted by molar-refractivity contribution is 5.36. The van der Waals surface area contributed by atoms with Crippen molar-refractivity contribution >= 4 is 0 Å². The van der Waals surface area contributed by atoms with Gasteiger partial charge < -0.3 is 4.90 Å². The second kappa shape index (κ2) is 11.1. The van der Waals surface area contributed by atoms with Gasteiger partial charge in [0.05, 0.1) is 0 Å². The fourth-order valence-electron chi connectivity index (χ4n) is 5.70. The van der Waals surface area contributed by atoms with Gasteiger partial charge in [0.25, 0.3) is 0 Å². The SMILES string of the molecule is CC(CCN(C(C)CN1CCC(F)CC1)C(C)c1ccc2c(c1)CCC2)c1ccc(F)cc1. The molecule has 4 rings (SSSR count). The lowest BCUT2D eigenvalue weighted by atomic mass is 9.95. The number of benzene rings is 2. The predicted molar refractivity (Wildman–Crippen MR) is 133 cm³/mol. The lowest BCUT2D eigenvalue weighted by molar-refractivity contribution is 0.0840. The minimum atomic E-state index is -0.630. The van der Waals surface area contributed by atoms with Crippen LogP contribution in [-0.2, 0) is 12.8 Å². The molecule has 2 aromatic carbocycles. The van der Waals surface area contributed by atoms with Crippen LogP contribution in [0.1, 0.15) is 80.7 Å². The second-order valence-corrected chi connectivity index (χ2v) is 10.4. The lowest BCUT2D eigenvalue weighted by Gasteiger charge is -2.39. The van der Waals surface area contributed by atoms with Gasteiger partial charge in [-0.3, -0.25) is 4.90 Å². The summed E-state index contributed by atoms with van der Waals surface area (Å²) in [6.45, 7) is 10.6. The first-order valence-electron chi connectivity index (χ1n) is 12.9. The maximum Gasteiger partial charge on any atom is 0.123 e. The van der Waals surface area contributed by atoms with Crippen LogP contribution in [0, 0.1) is 5.82 Å². The van der Waals surface area contributed by atoms with E-state index in [0.29, 0.717) is 30.8 Å². The summed E-state index contributed by atoms with van der Waals surface area (Å²) in [5, 5.41) is 0. The molecule has 1 aliphatic carbocycles. The van der Waals surface area contributed by atoms with Crippen molar-refractivity contribution in [1.29, 1.82) is 0 Å². The Morgan fingerprint density at radius 2 is 1.61 bits per heavy atom. The van der Waals surface area contributed by atoms with Crippen molar-refractivity contribution in [3.05, 3.63) is 70.5 Å². The van der Waals surface area contributed by atoms with Crippen LogP contribution in [0.15, 0.2) is 42.5 Å². The molecule has 33 heavy (non-hydrogen) atoms. The van der Waals surface area contributed by atoms with Gasteiger partial charge in [0.15, 0.2) is 0 Å². The van der Waals surface area contributed by atoms with Crippen LogP contribution in [0.3, 0.4) is 0 Å². The Balaban J connectivity index is 1.47. The fourth-order valence-corrected chi connectivity index (χ4v) is 5.70. The van der Waals surface area contributed by atoms with E-state index in [0.717, 1.165) is 32.6 Å². The quantitative estimate of drug-likeness (QED) is 0.416. The van der Waals surface area contributed by atoms with E-state index >= 15 is 0 Å². The standard InChI is InChI=1S/C29H40F2N2/c1-21(24-9-11-28(30)12-10-24)13-18-33(22(2)20-32-16-14-29(31)15-17-32)23(3)26-8-7-25-5-4-6-27(25)19-26/h7-12,19,21-23,29H,4-6,13-18,20H2,1-3H3. The molecule has 3 atom stereocenters. The van der Waals surface area contributed by atoms with Gasteiger partial charge in [-0.2, -0.15) is 0 Å². The molecular weight excluding hydrogens is 414 g/mol. The van der Waals surface area contributed by atoms with E-state index in [4.69, 9.17) is 0 Å². The van der Waals surface area contributed by atoms with Crippen molar-refractivity contribution in [3.63, 3.8) is 0 Å². The minimum absolute atomic E-state index is 0.177. The molecule has 2 nitrogen and oxygen atoms in total. The highest BCUT2D eigenvalue weighted by atomic mass is 19.1. The predicted octanol–water partition coefficient (Wildman–Crippen LogP) is 6.69. The second-order valence-electron chi connectivity index (χ2n) is 10.4. The zero-order valence-electron chi connectivity index (χ0n) is 20.6. The van der Waals surface area contributed by atoms with Crippen molar-refractivity contribution < 1.29 is 8.78 Å². The minimum Gasteiger partial charge on any atom is -0.302 e. The summed E-state index contributed by atoms with van der Waals surface area (Å²) in [6.07, 6.45) is 5.40. The number of rotatable bonds is 9. The Labute approximate surface area is 199 Å². The number of hydrogen-bond donors (Lipinski definition) is 0. The van der Waals surface area contributed by atoms with E-state index in [1.165, 1.54) is 41.5 Å². The number of aryl methyl sites for hydroxylation is 2. The number of hydrogen-bond acceptors (Lipinski definition) is 2. The first-order chi connectivity index (χ1) is 15.9. The molecular formula is C29H40F2N2. The molecule has 1 aliphatic heterocycles. The summed E-state index contributed by atoms with van der Waals surface area (Å²) < 4.78 is 27.0. The third kappa shape index (κ3) is 6.22. The van der Waals surface area contributed by atoms with Crippen LogP contribution in [-0.4, -0.2) is 48.2 Å². The van der Waals surface area contributed by atoms with E-state index in [1.54, 1.807) is 12.1 Å². The Bertz CT molecular complexity index is 889. The monoisotopic (exact) mass is 454 g/mol. The average Bonchev–Trinajstić information content (AvgIpc) is 3.29. The highest BCUT2D eigenvalue weighted by Crippen LogP contribution is 2.31. The molecule has 0 amide bonds. The summed E-state index contributed by atoms with van der Waals surface area (Å²) in [6, 6.07) is 14.8. The third-order valence-corrected chi connectivity index (χ3v) is 7.97. The number of fused-ring (bicyclic) bond motifs is 1. The van der Waals surface area contributed by atoms with E-state index in [1.807, 2.05) is 12.1 Å². The average molecular weight is 455 g/mol. The number of piperidine rings is 1. The lowest BCUT2D eigenvalue weighted by Crippen LogP contribution is -2.46. The zero-order chi connectivity index (χ0) is 23.4. The Hall–Kier alpha value is -1.78. The number of nitrogens with zero attached hydrogens (tertiary/aromatic N) is 2. The van der Waals surface area contributed by atoms with Crippen LogP contribution in [0.2, 0.25) is 0 Å². The Morgan fingerprint density at radius 1 is 0.939 bits per heavy atom. The van der Waals surface area contributed by atoms with Gasteiger partial charge in [-0.25, -0.2) is 8.78 Å². The van der Waals surface area contributed by atoms with Crippen molar-refractivity contribution in [2.75, 3.05) is 26.2 Å². The fraction of sp³-hybridized carbons (Fsp3) is 0.586. The van der Waals surface area contributed by atoms with E-state index in [2.05, 4.69) is 48.8 Å². The van der Waals surface area contributed by atoms with Crippen molar-refractivity contribution in [1.82, 2.24) is 9.80 Å².